The van der Waals surface area contributed by atoms with E-state index in [1.807, 2.05) is 0 Å². The molecule has 3 heterocycles. The SMILES string of the molecule is C[C@@H]1O[C@@H](OC[C@H]2O[C@@H](Oc3c(-c4ccc(O)c(O)c4)oc4cc(O)cc(O)c4c3=O)[C@H](O)[C@@H](O)[C@@H]2O)[C@H](O)[C@H](O)[C@H]1O.[NaH]. The first-order valence-corrected chi connectivity index (χ1v) is 13.0. The van der Waals surface area contributed by atoms with Gasteiger partial charge in [-0.2, -0.15) is 0 Å². The van der Waals surface area contributed by atoms with Crippen LogP contribution in [-0.4, -0.2) is 149 Å². The van der Waals surface area contributed by atoms with Crippen molar-refractivity contribution < 1.29 is 74.4 Å². The summed E-state index contributed by atoms with van der Waals surface area (Å²) in [6.45, 7) is 0.818. The van der Waals surface area contributed by atoms with Gasteiger partial charge in [-0.15, -0.1) is 0 Å². The molecule has 5 rings (SSSR count). The molecule has 17 heteroatoms. The Morgan fingerprint density at radius 3 is 2.09 bits per heavy atom. The van der Waals surface area contributed by atoms with E-state index in [9.17, 15) is 55.9 Å². The molecule has 2 saturated heterocycles. The normalized spacial score (nSPS) is 32.2. The van der Waals surface area contributed by atoms with E-state index in [4.69, 9.17) is 23.4 Å². The zero-order valence-corrected chi connectivity index (χ0v) is 22.3. The number of fused-ring (bicyclic) bond motifs is 1. The first kappa shape index (κ1) is 34.2. The minimum absolute atomic E-state index is 0. The molecule has 2 aromatic carbocycles. The molecule has 0 unspecified atom stereocenters. The molecule has 236 valence electrons. The number of hydrogen-bond acceptors (Lipinski definition) is 16. The van der Waals surface area contributed by atoms with Crippen LogP contribution < -0.4 is 10.2 Å². The number of aromatic hydroxyl groups is 4. The molecule has 0 bridgehead atoms. The second-order valence-electron chi connectivity index (χ2n) is 10.3. The van der Waals surface area contributed by atoms with Crippen LogP contribution in [0.3, 0.4) is 0 Å². The van der Waals surface area contributed by atoms with Gasteiger partial charge in [-0.05, 0) is 25.1 Å². The van der Waals surface area contributed by atoms with E-state index in [0.29, 0.717) is 0 Å². The third kappa shape index (κ3) is 6.34. The zero-order valence-electron chi connectivity index (χ0n) is 22.3. The summed E-state index contributed by atoms with van der Waals surface area (Å²) in [6, 6.07) is 5.24. The summed E-state index contributed by atoms with van der Waals surface area (Å²) in [6.07, 6.45) is -16.2. The van der Waals surface area contributed by atoms with Crippen molar-refractivity contribution >= 4 is 40.5 Å². The van der Waals surface area contributed by atoms with Crippen LogP contribution in [0.15, 0.2) is 39.5 Å². The maximum atomic E-state index is 13.6. The fraction of sp³-hybridized carbons (Fsp3) is 0.444. The Morgan fingerprint density at radius 2 is 1.41 bits per heavy atom. The summed E-state index contributed by atoms with van der Waals surface area (Å²) in [7, 11) is 0. The molecule has 10 N–H and O–H groups in total. The van der Waals surface area contributed by atoms with E-state index in [1.54, 1.807) is 0 Å². The van der Waals surface area contributed by atoms with Crippen molar-refractivity contribution in [2.24, 2.45) is 0 Å². The molecular formula is C27H31NaO16. The van der Waals surface area contributed by atoms with Crippen LogP contribution in [0, 0.1) is 0 Å². The standard InChI is InChI=1S/C27H30O16.Na.H/c1-8-17(32)20(35)22(37)26(40-8)39-7-15-18(33)21(36)23(38)27(42-15)43-25-19(34)16-13(31)5-10(28)6-14(16)41-24(25)9-2-3-11(29)12(30)4-9;;/h2-6,8,15,17-18,20-23,26-33,35-38H,7H2,1H3;;/t8-,15+,17-,18+,20+,21-,22+,23+,26+,27-;;/m0../s1. The van der Waals surface area contributed by atoms with Gasteiger partial charge in [-0.3, -0.25) is 4.79 Å². The van der Waals surface area contributed by atoms with Gasteiger partial charge in [0.15, 0.2) is 23.5 Å². The van der Waals surface area contributed by atoms with Gasteiger partial charge >= 0.3 is 29.6 Å². The number of phenols is 4. The first-order valence-electron chi connectivity index (χ1n) is 13.0. The van der Waals surface area contributed by atoms with Gasteiger partial charge in [0, 0.05) is 17.7 Å². The van der Waals surface area contributed by atoms with Gasteiger partial charge in [0.05, 0.1) is 12.7 Å². The molecule has 44 heavy (non-hydrogen) atoms. The molecule has 2 aliphatic rings. The number of ether oxygens (including phenoxy) is 4. The predicted octanol–water partition coefficient (Wildman–Crippen LogP) is -2.34. The van der Waals surface area contributed by atoms with Crippen LogP contribution in [0.5, 0.6) is 28.7 Å². The summed E-state index contributed by atoms with van der Waals surface area (Å²) >= 11 is 0. The topological polar surface area (TPSA) is 269 Å². The van der Waals surface area contributed by atoms with E-state index >= 15 is 0 Å². The average Bonchev–Trinajstić information content (AvgIpc) is 2.96. The van der Waals surface area contributed by atoms with Crippen LogP contribution in [0.4, 0.5) is 0 Å². The summed E-state index contributed by atoms with van der Waals surface area (Å²) in [5, 5.41) is 101. The second-order valence-corrected chi connectivity index (χ2v) is 10.3. The molecule has 3 aromatic rings. The van der Waals surface area contributed by atoms with Gasteiger partial charge < -0.3 is 74.4 Å². The Labute approximate surface area is 269 Å². The summed E-state index contributed by atoms with van der Waals surface area (Å²) in [5.41, 5.74) is -1.35. The van der Waals surface area contributed by atoms with Crippen LogP contribution in [0.2, 0.25) is 0 Å². The van der Waals surface area contributed by atoms with Gasteiger partial charge in [-0.1, -0.05) is 0 Å². The van der Waals surface area contributed by atoms with Crippen LogP contribution in [-0.2, 0) is 14.2 Å². The van der Waals surface area contributed by atoms with E-state index < -0.39 is 113 Å². The molecular weight excluding hydrogens is 603 g/mol. The van der Waals surface area contributed by atoms with E-state index in [1.165, 1.54) is 13.0 Å². The van der Waals surface area contributed by atoms with Crippen molar-refractivity contribution in [1.82, 2.24) is 0 Å². The van der Waals surface area contributed by atoms with Crippen molar-refractivity contribution in [1.29, 1.82) is 0 Å². The zero-order chi connectivity index (χ0) is 31.3. The van der Waals surface area contributed by atoms with Gasteiger partial charge in [0.2, 0.25) is 17.5 Å². The molecule has 10 atom stereocenters. The monoisotopic (exact) mass is 634 g/mol. The number of phenolic OH excluding ortho intramolecular Hbond substituents is 4. The van der Waals surface area contributed by atoms with Crippen molar-refractivity contribution in [3.05, 3.63) is 40.6 Å². The number of hydrogen-bond donors (Lipinski definition) is 10. The Bertz CT molecular complexity index is 1550. The molecule has 0 aliphatic carbocycles. The third-order valence-electron chi connectivity index (χ3n) is 7.29. The van der Waals surface area contributed by atoms with E-state index in [0.717, 1.165) is 24.3 Å². The molecule has 2 aliphatic heterocycles. The average molecular weight is 635 g/mol. The minimum atomic E-state index is -1.97. The third-order valence-corrected chi connectivity index (χ3v) is 7.29. The van der Waals surface area contributed by atoms with Gasteiger partial charge in [0.25, 0.3) is 0 Å². The molecule has 0 spiro atoms. The van der Waals surface area contributed by atoms with E-state index in [-0.39, 0.29) is 40.7 Å². The number of benzene rings is 2. The number of rotatable bonds is 6. The molecule has 0 radical (unpaired) electrons. The van der Waals surface area contributed by atoms with Crippen LogP contribution in [0.1, 0.15) is 6.92 Å². The van der Waals surface area contributed by atoms with Crippen molar-refractivity contribution in [2.45, 2.75) is 68.3 Å². The first-order chi connectivity index (χ1) is 20.3. The molecule has 16 nitrogen and oxygen atoms in total. The molecule has 0 amide bonds. The summed E-state index contributed by atoms with van der Waals surface area (Å²) < 4.78 is 27.8. The maximum absolute atomic E-state index is 13.6. The molecule has 1 aromatic heterocycles. The Morgan fingerprint density at radius 1 is 0.750 bits per heavy atom. The Balaban J connectivity index is 0.00000442. The summed E-state index contributed by atoms with van der Waals surface area (Å²) in [4.78, 5) is 13.6. The van der Waals surface area contributed by atoms with E-state index in [2.05, 4.69) is 0 Å². The number of aliphatic hydroxyl groups is 6. The Hall–Kier alpha value is -2.71. The molecule has 2 fully saturated rings. The Kier molecular flexibility index (Phi) is 10.4. The predicted molar refractivity (Wildman–Crippen MR) is 147 cm³/mol. The second kappa shape index (κ2) is 13.3. The fourth-order valence-corrected chi connectivity index (χ4v) is 4.84. The van der Waals surface area contributed by atoms with Crippen LogP contribution >= 0.6 is 0 Å². The quantitative estimate of drug-likeness (QED) is 0.101. The van der Waals surface area contributed by atoms with Gasteiger partial charge in [0.1, 0.15) is 65.2 Å². The van der Waals surface area contributed by atoms with Crippen molar-refractivity contribution in [3.8, 4) is 40.1 Å². The fourth-order valence-electron chi connectivity index (χ4n) is 4.84. The number of aliphatic hydroxyl groups excluding tert-OH is 6. The van der Waals surface area contributed by atoms with Crippen molar-refractivity contribution in [2.75, 3.05) is 6.61 Å². The van der Waals surface area contributed by atoms with Crippen molar-refractivity contribution in [3.63, 3.8) is 0 Å². The molecule has 0 saturated carbocycles. The summed E-state index contributed by atoms with van der Waals surface area (Å²) in [5.74, 6) is -3.33. The van der Waals surface area contributed by atoms with Crippen LogP contribution in [0.25, 0.3) is 22.3 Å². The van der Waals surface area contributed by atoms with Gasteiger partial charge in [-0.25, -0.2) is 0 Å².